The number of rotatable bonds is 7. The van der Waals surface area contributed by atoms with Crippen molar-refractivity contribution in [1.82, 2.24) is 25.6 Å². The molecule has 6 N–H and O–H groups in total. The predicted molar refractivity (Wildman–Crippen MR) is 166 cm³/mol. The van der Waals surface area contributed by atoms with E-state index in [2.05, 4.69) is 37.4 Å². The van der Waals surface area contributed by atoms with Crippen molar-refractivity contribution in [1.29, 1.82) is 0 Å². The van der Waals surface area contributed by atoms with Crippen LogP contribution in [0.2, 0.25) is 5.02 Å². The number of nitrogens with one attached hydrogen (secondary N) is 2. The van der Waals surface area contributed by atoms with Crippen LogP contribution in [-0.4, -0.2) is 58.6 Å². The molecule has 1 aromatic carbocycles. The summed E-state index contributed by atoms with van der Waals surface area (Å²) in [5.74, 6) is -0.577. The van der Waals surface area contributed by atoms with E-state index in [1.165, 1.54) is 17.8 Å². The van der Waals surface area contributed by atoms with Gasteiger partial charge in [-0.25, -0.2) is 19.3 Å². The molecule has 2 aromatic heterocycles. The summed E-state index contributed by atoms with van der Waals surface area (Å²) >= 11 is 7.57. The summed E-state index contributed by atoms with van der Waals surface area (Å²) < 4.78 is 21.2. The summed E-state index contributed by atoms with van der Waals surface area (Å²) in [4.78, 5) is 39.8. The Labute approximate surface area is 263 Å². The van der Waals surface area contributed by atoms with Crippen molar-refractivity contribution in [2.24, 2.45) is 5.41 Å². The highest BCUT2D eigenvalue weighted by Gasteiger charge is 2.49. The third-order valence-corrected chi connectivity index (χ3v) is 10.5. The molecule has 0 aliphatic carbocycles. The Hall–Kier alpha value is -3.52. The molecule has 0 saturated carbocycles. The predicted octanol–water partition coefficient (Wildman–Crippen LogP) is 3.66. The van der Waals surface area contributed by atoms with Gasteiger partial charge in [0.05, 0.1) is 29.8 Å². The topological polar surface area (TPSA) is 161 Å². The molecule has 3 aromatic rings. The lowest BCUT2D eigenvalue weighted by Gasteiger charge is -2.43. The SMILES string of the molecule is C[C@@H]1OCC2(CCN(c3cnc(Sc4ccnc(N)c4Cl)c(N)n3)CC2)[C@@H]1NCc1ccc(C2CCC(=O)NC2=O)c(F)c1. The van der Waals surface area contributed by atoms with Crippen LogP contribution >= 0.6 is 23.4 Å². The van der Waals surface area contributed by atoms with Gasteiger partial charge in [0, 0.05) is 54.2 Å². The molecule has 1 unspecified atom stereocenters. The van der Waals surface area contributed by atoms with Crippen LogP contribution in [0.25, 0.3) is 0 Å². The molecule has 1 spiro atoms. The maximum absolute atomic E-state index is 15.1. The van der Waals surface area contributed by atoms with Gasteiger partial charge in [0.15, 0.2) is 5.82 Å². The van der Waals surface area contributed by atoms with E-state index in [0.717, 1.165) is 31.5 Å². The summed E-state index contributed by atoms with van der Waals surface area (Å²) in [7, 11) is 0. The van der Waals surface area contributed by atoms with E-state index in [1.807, 2.05) is 6.07 Å². The largest absolute Gasteiger partial charge is 0.382 e. The molecule has 232 valence electrons. The second kappa shape index (κ2) is 12.5. The summed E-state index contributed by atoms with van der Waals surface area (Å²) in [5.41, 5.74) is 13.1. The van der Waals surface area contributed by atoms with Crippen LogP contribution in [-0.2, 0) is 20.9 Å². The summed E-state index contributed by atoms with van der Waals surface area (Å²) in [5, 5.41) is 6.84. The Morgan fingerprint density at radius 1 is 1.20 bits per heavy atom. The summed E-state index contributed by atoms with van der Waals surface area (Å²) in [6.45, 7) is 4.69. The lowest BCUT2D eigenvalue weighted by Crippen LogP contribution is -2.52. The van der Waals surface area contributed by atoms with Crippen molar-refractivity contribution in [3.05, 3.63) is 58.6 Å². The van der Waals surface area contributed by atoms with E-state index >= 15 is 4.39 Å². The van der Waals surface area contributed by atoms with Gasteiger partial charge >= 0.3 is 0 Å². The number of piperidine rings is 2. The molecule has 0 radical (unpaired) electrons. The molecule has 3 atom stereocenters. The van der Waals surface area contributed by atoms with Gasteiger partial charge in [-0.15, -0.1) is 0 Å². The zero-order valence-electron chi connectivity index (χ0n) is 24.2. The van der Waals surface area contributed by atoms with Gasteiger partial charge in [0.2, 0.25) is 11.8 Å². The molecule has 0 bridgehead atoms. The van der Waals surface area contributed by atoms with Crippen LogP contribution < -0.4 is 27.0 Å². The van der Waals surface area contributed by atoms with Gasteiger partial charge in [0.1, 0.15) is 22.5 Å². The molecule has 14 heteroatoms. The van der Waals surface area contributed by atoms with Crippen molar-refractivity contribution in [2.45, 2.75) is 67.1 Å². The fourth-order valence-electron chi connectivity index (χ4n) is 6.42. The van der Waals surface area contributed by atoms with Gasteiger partial charge < -0.3 is 26.4 Å². The summed E-state index contributed by atoms with van der Waals surface area (Å²) in [6.07, 6.45) is 5.58. The first-order valence-corrected chi connectivity index (χ1v) is 15.8. The Bertz CT molecular complexity index is 1590. The maximum Gasteiger partial charge on any atom is 0.234 e. The Morgan fingerprint density at radius 2 is 2.00 bits per heavy atom. The number of carbonyl (C=O) groups excluding carboxylic acids is 2. The van der Waals surface area contributed by atoms with Crippen LogP contribution in [0, 0.1) is 11.2 Å². The van der Waals surface area contributed by atoms with Gasteiger partial charge in [-0.1, -0.05) is 35.5 Å². The number of carbonyl (C=O) groups is 2. The van der Waals surface area contributed by atoms with Crippen molar-refractivity contribution in [3.8, 4) is 0 Å². The minimum atomic E-state index is -0.652. The van der Waals surface area contributed by atoms with E-state index in [1.54, 1.807) is 24.5 Å². The lowest BCUT2D eigenvalue weighted by molar-refractivity contribution is -0.134. The molecular formula is C30H34ClFN8O3S. The molecule has 2 amide bonds. The maximum atomic E-state index is 15.1. The van der Waals surface area contributed by atoms with Crippen LogP contribution in [0.4, 0.5) is 21.8 Å². The number of pyridine rings is 1. The van der Waals surface area contributed by atoms with E-state index < -0.39 is 17.6 Å². The number of nitrogens with zero attached hydrogens (tertiary/aromatic N) is 4. The molecule has 3 aliphatic heterocycles. The minimum absolute atomic E-state index is 0.00469. The highest BCUT2D eigenvalue weighted by molar-refractivity contribution is 7.99. The third-order valence-electron chi connectivity index (χ3n) is 8.89. The first-order chi connectivity index (χ1) is 21.1. The van der Waals surface area contributed by atoms with Crippen molar-refractivity contribution in [3.63, 3.8) is 0 Å². The van der Waals surface area contributed by atoms with Gasteiger partial charge in [-0.3, -0.25) is 14.9 Å². The fraction of sp³-hybridized carbons (Fsp3) is 0.433. The number of aromatic nitrogens is 3. The van der Waals surface area contributed by atoms with Gasteiger partial charge in [-0.05, 0) is 43.9 Å². The quantitative estimate of drug-likeness (QED) is 0.279. The Kier molecular flexibility index (Phi) is 8.64. The third kappa shape index (κ3) is 6.06. The molecular weight excluding hydrogens is 607 g/mol. The molecule has 44 heavy (non-hydrogen) atoms. The van der Waals surface area contributed by atoms with Gasteiger partial charge in [-0.2, -0.15) is 0 Å². The van der Waals surface area contributed by atoms with E-state index in [0.29, 0.717) is 51.7 Å². The molecule has 5 heterocycles. The molecule has 3 aliphatic rings. The first kappa shape index (κ1) is 30.5. The van der Waals surface area contributed by atoms with Crippen LogP contribution in [0.5, 0.6) is 0 Å². The van der Waals surface area contributed by atoms with E-state index in [4.69, 9.17) is 27.8 Å². The lowest BCUT2D eigenvalue weighted by atomic mass is 9.73. The highest BCUT2D eigenvalue weighted by atomic mass is 35.5. The number of amides is 2. The average molecular weight is 641 g/mol. The molecule has 6 rings (SSSR count). The van der Waals surface area contributed by atoms with Crippen molar-refractivity contribution < 1.29 is 18.7 Å². The monoisotopic (exact) mass is 640 g/mol. The number of anilines is 3. The first-order valence-electron chi connectivity index (χ1n) is 14.6. The normalized spacial score (nSPS) is 23.2. The standard InChI is InChI=1S/C30H34ClFN8O3S/c1-16-25(36-13-17-2-3-18(20(32)12-17)19-4-5-23(41)39-28(19)42)30(15-43-16)7-10-40(11-8-30)22-14-37-29(27(34)38-22)44-21-6-9-35-26(33)24(21)31/h2-3,6,9,12,14,16,19,25,36H,4-5,7-8,10-11,13,15H2,1H3,(H2,33,35)(H2,34,38)(H,39,41,42)/t16-,19?,25+/m0/s1. The second-order valence-corrected chi connectivity index (χ2v) is 13.0. The smallest absolute Gasteiger partial charge is 0.234 e. The number of benzene rings is 1. The summed E-state index contributed by atoms with van der Waals surface area (Å²) in [6, 6.07) is 6.81. The van der Waals surface area contributed by atoms with Crippen LogP contribution in [0.1, 0.15) is 49.7 Å². The minimum Gasteiger partial charge on any atom is -0.382 e. The van der Waals surface area contributed by atoms with E-state index in [9.17, 15) is 9.59 Å². The number of hydrogen-bond donors (Lipinski definition) is 4. The number of nitrogens with two attached hydrogens (primary N) is 2. The zero-order valence-corrected chi connectivity index (χ0v) is 25.8. The van der Waals surface area contributed by atoms with Crippen molar-refractivity contribution in [2.75, 3.05) is 36.1 Å². The van der Waals surface area contributed by atoms with E-state index in [-0.39, 0.29) is 35.7 Å². The second-order valence-electron chi connectivity index (χ2n) is 11.6. The highest BCUT2D eigenvalue weighted by Crippen LogP contribution is 2.43. The van der Waals surface area contributed by atoms with Crippen molar-refractivity contribution >= 4 is 52.6 Å². The van der Waals surface area contributed by atoms with Gasteiger partial charge in [0.25, 0.3) is 0 Å². The number of hydrogen-bond acceptors (Lipinski definition) is 11. The molecule has 11 nitrogen and oxygen atoms in total. The fourth-order valence-corrected chi connectivity index (χ4v) is 7.43. The zero-order chi connectivity index (χ0) is 31.0. The average Bonchev–Trinajstić information content (AvgIpc) is 3.30. The Balaban J connectivity index is 1.08. The Morgan fingerprint density at radius 3 is 2.73 bits per heavy atom. The molecule has 3 fully saturated rings. The number of halogens is 2. The number of ether oxygens (including phenoxy) is 1. The number of nitrogen functional groups attached to an aromatic ring is 2. The van der Waals surface area contributed by atoms with Crippen LogP contribution in [0.15, 0.2) is 46.6 Å². The molecule has 3 saturated heterocycles. The number of imide groups is 1. The van der Waals surface area contributed by atoms with Crippen LogP contribution in [0.3, 0.4) is 0 Å².